The Morgan fingerprint density at radius 1 is 0.700 bits per heavy atom. The van der Waals surface area contributed by atoms with E-state index in [1.807, 2.05) is 0 Å². The first-order valence-electron chi connectivity index (χ1n) is 4.54. The normalized spacial score (nSPS) is 6.75. The van der Waals surface area contributed by atoms with Gasteiger partial charge in [-0.3, -0.25) is 0 Å². The predicted octanol–water partition coefficient (Wildman–Crippen LogP) is -2.22. The summed E-state index contributed by atoms with van der Waals surface area (Å²) in [6, 6.07) is 0. The van der Waals surface area contributed by atoms with Crippen molar-refractivity contribution in [1.82, 2.24) is 0 Å². The molecule has 0 heterocycles. The Hall–Kier alpha value is -0.591. The van der Waals surface area contributed by atoms with Crippen molar-refractivity contribution in [1.29, 1.82) is 0 Å². The molecule has 6 nitrogen and oxygen atoms in total. The minimum atomic E-state index is -1.19. The third-order valence-electron chi connectivity index (χ3n) is 1.05. The molecule has 0 aromatic heterocycles. The summed E-state index contributed by atoms with van der Waals surface area (Å²) >= 11 is 0. The van der Waals surface area contributed by atoms with E-state index >= 15 is 0 Å². The Kier molecular flexibility index (Phi) is 29.2. The van der Waals surface area contributed by atoms with Crippen molar-refractivity contribution in [2.45, 2.75) is 20.8 Å². The van der Waals surface area contributed by atoms with Gasteiger partial charge < -0.3 is 32.6 Å². The quantitative estimate of drug-likeness (QED) is 0.419. The number of carboxylic acids is 3. The molecule has 0 aromatic rings. The van der Waals surface area contributed by atoms with Gasteiger partial charge in [-0.1, -0.05) is 19.7 Å². The first-order valence-corrected chi connectivity index (χ1v) is 4.54. The van der Waals surface area contributed by atoms with Crippen LogP contribution in [-0.4, -0.2) is 55.6 Å². The fourth-order valence-electron chi connectivity index (χ4n) is 0. The Morgan fingerprint density at radius 3 is 0.750 bits per heavy atom. The molecule has 0 aromatic carbocycles. The summed E-state index contributed by atoms with van der Waals surface area (Å²) in [6.07, 6.45) is 0. The molecule has 111 valence electrons. The summed E-state index contributed by atoms with van der Waals surface area (Å²) in [6.45, 7) is 13.4. The minimum Gasteiger partial charge on any atom is -1.00 e. The van der Waals surface area contributed by atoms with Gasteiger partial charge in [-0.25, -0.2) is 0 Å². The van der Waals surface area contributed by atoms with Gasteiger partial charge >= 0.3 is 54.8 Å². The van der Waals surface area contributed by atoms with Crippen molar-refractivity contribution in [2.24, 2.45) is 0 Å². The van der Waals surface area contributed by atoms with Gasteiger partial charge in [-0.2, -0.15) is 0 Å². The summed E-state index contributed by atoms with van der Waals surface area (Å²) < 4.78 is 0. The Labute approximate surface area is 161 Å². The van der Waals surface area contributed by atoms with Gasteiger partial charge in [0.15, 0.2) is 0 Å². The van der Waals surface area contributed by atoms with Crippen LogP contribution in [0.3, 0.4) is 0 Å². The third-order valence-corrected chi connectivity index (χ3v) is 1.05. The summed E-state index contributed by atoms with van der Waals surface area (Å²) in [7, 11) is 0. The zero-order chi connectivity index (χ0) is 15.5. The molecule has 0 aliphatic heterocycles. The summed E-state index contributed by atoms with van der Waals surface area (Å²) in [4.78, 5) is 28.5. The Morgan fingerprint density at radius 2 is 0.750 bits per heavy atom. The first-order chi connectivity index (χ1) is 7.93. The molecule has 0 aliphatic rings. The van der Waals surface area contributed by atoms with E-state index in [0.29, 0.717) is 0 Å². The molecule has 0 rings (SSSR count). The maximum atomic E-state index is 9.49. The molecular weight excluding hydrogens is 336 g/mol. The third kappa shape index (κ3) is 36.0. The van der Waals surface area contributed by atoms with Gasteiger partial charge in [0, 0.05) is 0 Å². The number of aliphatic carboxylic acids is 3. The molecule has 0 aliphatic carbocycles. The van der Waals surface area contributed by atoms with Crippen LogP contribution in [0.15, 0.2) is 36.5 Å². The van der Waals surface area contributed by atoms with Gasteiger partial charge in [0.25, 0.3) is 0 Å². The van der Waals surface area contributed by atoms with Gasteiger partial charge in [0.2, 0.25) is 0 Å². The number of carboxylic acid groups (broad SMARTS) is 3. The summed E-state index contributed by atoms with van der Waals surface area (Å²) in [5.74, 6) is -3.56. The minimum absolute atomic E-state index is 0. The molecule has 0 amide bonds. The molecule has 0 spiro atoms. The predicted molar refractivity (Wildman–Crippen MR) is 67.4 cm³/mol. The van der Waals surface area contributed by atoms with E-state index in [0.717, 1.165) is 0 Å². The van der Waals surface area contributed by atoms with Crippen molar-refractivity contribution in [3.05, 3.63) is 36.5 Å². The topological polar surface area (TPSA) is 120 Å². The number of carbonyl (C=O) groups excluding carboxylic acids is 3. The van der Waals surface area contributed by atoms with E-state index < -0.39 is 17.9 Å². The largest absolute Gasteiger partial charge is 3.00 e. The average Bonchev–Trinajstić information content (AvgIpc) is 2.18. The van der Waals surface area contributed by atoms with Crippen LogP contribution in [0, 0.1) is 0 Å². The maximum absolute atomic E-state index is 9.49. The fraction of sp³-hybridized carbons (Fsp3) is 0.250. The standard InChI is InChI=1S/3C4H6O2.Ca.Fe.2H/c3*1-3(2)4(5)6;;;;/h3*1H2,2H3,(H,5,6);;;;/q;;;+2;+3;2*-1/p-3. The Balaban J connectivity index is -0.0000000281. The van der Waals surface area contributed by atoms with E-state index in [2.05, 4.69) is 19.7 Å². The molecule has 0 N–H and O–H groups in total. The molecule has 0 bridgehead atoms. The number of rotatable bonds is 3. The smallest absolute Gasteiger partial charge is 1.00 e. The number of carbonyl (C=O) groups is 3. The van der Waals surface area contributed by atoms with Crippen LogP contribution in [0.25, 0.3) is 0 Å². The van der Waals surface area contributed by atoms with Gasteiger partial charge in [0.05, 0.1) is 17.9 Å². The van der Waals surface area contributed by atoms with Crippen molar-refractivity contribution < 1.29 is 49.6 Å². The van der Waals surface area contributed by atoms with Gasteiger partial charge in [-0.15, -0.1) is 0 Å². The van der Waals surface area contributed by atoms with Crippen molar-refractivity contribution in [3.8, 4) is 0 Å². The van der Waals surface area contributed by atoms with Gasteiger partial charge in [0.1, 0.15) is 0 Å². The second-order valence-corrected chi connectivity index (χ2v) is 3.20. The summed E-state index contributed by atoms with van der Waals surface area (Å²) in [5.41, 5.74) is 0.194. The second kappa shape index (κ2) is 18.4. The molecule has 1 radical (unpaired) electrons. The molecule has 8 heteroatoms. The van der Waals surface area contributed by atoms with E-state index in [9.17, 15) is 29.7 Å². The fourth-order valence-corrected chi connectivity index (χ4v) is 0. The second-order valence-electron chi connectivity index (χ2n) is 3.20. The Bertz CT molecular complexity index is 293. The number of hydrogen-bond donors (Lipinski definition) is 0. The molecule has 0 saturated heterocycles. The van der Waals surface area contributed by atoms with Crippen LogP contribution in [0.1, 0.15) is 23.6 Å². The molecule has 0 unspecified atom stereocenters. The summed E-state index contributed by atoms with van der Waals surface area (Å²) in [5, 5.41) is 28.5. The van der Waals surface area contributed by atoms with Crippen molar-refractivity contribution in [3.63, 3.8) is 0 Å². The van der Waals surface area contributed by atoms with Crippen LogP contribution in [0.5, 0.6) is 0 Å². The van der Waals surface area contributed by atoms with Crippen LogP contribution in [-0.2, 0) is 31.5 Å². The molecule has 0 atom stereocenters. The van der Waals surface area contributed by atoms with Gasteiger partial charge in [-0.05, 0) is 37.5 Å². The van der Waals surface area contributed by atoms with E-state index in [1.54, 1.807) is 0 Å². The van der Waals surface area contributed by atoms with Crippen molar-refractivity contribution >= 4 is 55.6 Å². The van der Waals surface area contributed by atoms with E-state index in [1.165, 1.54) is 20.8 Å². The van der Waals surface area contributed by atoms with E-state index in [4.69, 9.17) is 0 Å². The SMILES string of the molecule is C=C(C)C(=O)[O-].C=C(C)C(=O)[O-].C=C(C)C(=O)[O-].[Ca+2].[Fe+3].[H-].[H-]. The van der Waals surface area contributed by atoms with Crippen LogP contribution >= 0.6 is 0 Å². The molecule has 20 heavy (non-hydrogen) atoms. The number of hydrogen-bond acceptors (Lipinski definition) is 6. The monoisotopic (exact) mass is 353 g/mol. The molecular formula is C12H17CaFeO6. The average molecular weight is 353 g/mol. The van der Waals surface area contributed by atoms with Crippen molar-refractivity contribution in [2.75, 3.05) is 0 Å². The maximum Gasteiger partial charge on any atom is 3.00 e. The molecule has 0 saturated carbocycles. The van der Waals surface area contributed by atoms with E-state index in [-0.39, 0.29) is 74.4 Å². The first kappa shape index (κ1) is 31.7. The van der Waals surface area contributed by atoms with Crippen LogP contribution in [0.2, 0.25) is 0 Å². The van der Waals surface area contributed by atoms with Crippen LogP contribution < -0.4 is 15.3 Å². The van der Waals surface area contributed by atoms with Crippen LogP contribution in [0.4, 0.5) is 0 Å². The zero-order valence-electron chi connectivity index (χ0n) is 13.6. The molecule has 0 fully saturated rings. The zero-order valence-corrected chi connectivity index (χ0v) is 14.9.